The van der Waals surface area contributed by atoms with E-state index >= 15 is 0 Å². The summed E-state index contributed by atoms with van der Waals surface area (Å²) in [7, 11) is 0. The monoisotopic (exact) mass is 375 g/mol. The molecule has 8 heteroatoms. The van der Waals surface area contributed by atoms with Crippen molar-refractivity contribution < 1.29 is 4.79 Å². The first-order valence-corrected chi connectivity index (χ1v) is 9.32. The van der Waals surface area contributed by atoms with Crippen molar-refractivity contribution in [3.63, 3.8) is 0 Å². The van der Waals surface area contributed by atoms with Gasteiger partial charge in [0.1, 0.15) is 5.65 Å². The molecule has 4 heterocycles. The molecule has 1 fully saturated rings. The molecule has 4 aromatic rings. The van der Waals surface area contributed by atoms with Gasteiger partial charge in [-0.3, -0.25) is 4.79 Å². The number of aromatic nitrogens is 5. The fourth-order valence-electron chi connectivity index (χ4n) is 4.14. The van der Waals surface area contributed by atoms with E-state index in [0.717, 1.165) is 40.5 Å². The van der Waals surface area contributed by atoms with Crippen molar-refractivity contribution in [1.82, 2.24) is 29.9 Å². The Morgan fingerprint density at radius 3 is 3.04 bits per heavy atom. The second-order valence-corrected chi connectivity index (χ2v) is 7.77. The first kappa shape index (κ1) is 16.7. The summed E-state index contributed by atoms with van der Waals surface area (Å²) in [5, 5.41) is 11.6. The number of anilines is 1. The summed E-state index contributed by atoms with van der Waals surface area (Å²) in [6, 6.07) is 6.36. The molecule has 0 atom stereocenters. The maximum Gasteiger partial charge on any atom is 0.224 e. The molecule has 1 saturated carbocycles. The molecule has 0 aliphatic heterocycles. The summed E-state index contributed by atoms with van der Waals surface area (Å²) in [6.07, 6.45) is 9.26. The molecule has 0 radical (unpaired) electrons. The molecule has 1 aliphatic rings. The third-order valence-corrected chi connectivity index (χ3v) is 5.35. The normalized spacial score (nSPS) is 21.6. The average molecular weight is 375 g/mol. The van der Waals surface area contributed by atoms with Crippen molar-refractivity contribution in [2.75, 3.05) is 5.32 Å². The van der Waals surface area contributed by atoms with E-state index in [9.17, 15) is 4.79 Å². The van der Waals surface area contributed by atoms with Crippen LogP contribution in [0.2, 0.25) is 0 Å². The van der Waals surface area contributed by atoms with E-state index in [-0.39, 0.29) is 17.5 Å². The van der Waals surface area contributed by atoms with Gasteiger partial charge in [0.25, 0.3) is 0 Å². The number of carbonyl (C=O) groups excluding carboxylic acids is 1. The minimum absolute atomic E-state index is 0.00616. The topological polar surface area (TPSA) is 100 Å². The zero-order valence-corrected chi connectivity index (χ0v) is 15.7. The number of hydrogen-bond donors (Lipinski definition) is 3. The summed E-state index contributed by atoms with van der Waals surface area (Å²) in [5.74, 6) is 0.605. The average Bonchev–Trinajstić information content (AvgIpc) is 3.25. The van der Waals surface area contributed by atoms with Crippen molar-refractivity contribution in [3.8, 4) is 11.1 Å². The lowest BCUT2D eigenvalue weighted by atomic mass is 9.74. The molecule has 1 aliphatic carbocycles. The molecule has 0 spiro atoms. The standard InChI is InChI=1S/C20H21N7O/c1-12(28)26-20(2)8-14(9-20)24-19-22-11-17-16(10-21-18(17)25-19)13-4-6-27-15(7-13)3-5-23-27/h3-7,10-11,14H,8-9H2,1-2H3,(H,26,28)(H2,21,22,24,25)/t14-,20-. The Labute approximate surface area is 161 Å². The molecule has 28 heavy (non-hydrogen) atoms. The zero-order valence-electron chi connectivity index (χ0n) is 15.7. The Bertz CT molecular complexity index is 1190. The summed E-state index contributed by atoms with van der Waals surface area (Å²) in [6.45, 7) is 3.61. The van der Waals surface area contributed by atoms with Gasteiger partial charge in [0.2, 0.25) is 11.9 Å². The van der Waals surface area contributed by atoms with Crippen molar-refractivity contribution in [2.45, 2.75) is 38.3 Å². The third-order valence-electron chi connectivity index (χ3n) is 5.35. The van der Waals surface area contributed by atoms with Crippen LogP contribution in [0.3, 0.4) is 0 Å². The lowest BCUT2D eigenvalue weighted by Gasteiger charge is -2.45. The van der Waals surface area contributed by atoms with Crippen LogP contribution in [-0.4, -0.2) is 42.1 Å². The Morgan fingerprint density at radius 1 is 1.36 bits per heavy atom. The molecule has 0 bridgehead atoms. The Morgan fingerprint density at radius 2 is 2.21 bits per heavy atom. The van der Waals surface area contributed by atoms with Crippen LogP contribution in [0.1, 0.15) is 26.7 Å². The minimum Gasteiger partial charge on any atom is -0.351 e. The smallest absolute Gasteiger partial charge is 0.224 e. The Balaban J connectivity index is 1.36. The van der Waals surface area contributed by atoms with Crippen molar-refractivity contribution in [3.05, 3.63) is 43.0 Å². The van der Waals surface area contributed by atoms with Crippen LogP contribution in [0, 0.1) is 0 Å². The summed E-state index contributed by atoms with van der Waals surface area (Å²) in [5.41, 5.74) is 3.85. The molecule has 8 nitrogen and oxygen atoms in total. The molecule has 3 N–H and O–H groups in total. The Kier molecular flexibility index (Phi) is 3.61. The van der Waals surface area contributed by atoms with Gasteiger partial charge in [-0.25, -0.2) is 9.50 Å². The van der Waals surface area contributed by atoms with Gasteiger partial charge < -0.3 is 15.6 Å². The van der Waals surface area contributed by atoms with Gasteiger partial charge in [0, 0.05) is 54.2 Å². The number of amides is 1. The molecular formula is C20H21N7O. The lowest BCUT2D eigenvalue weighted by Crippen LogP contribution is -2.59. The van der Waals surface area contributed by atoms with Gasteiger partial charge in [-0.15, -0.1) is 0 Å². The predicted octanol–water partition coefficient (Wildman–Crippen LogP) is 2.74. The van der Waals surface area contributed by atoms with Crippen molar-refractivity contribution in [2.24, 2.45) is 0 Å². The molecule has 0 aromatic carbocycles. The van der Waals surface area contributed by atoms with E-state index in [1.807, 2.05) is 35.2 Å². The van der Waals surface area contributed by atoms with Gasteiger partial charge >= 0.3 is 0 Å². The van der Waals surface area contributed by atoms with Crippen LogP contribution in [-0.2, 0) is 4.79 Å². The van der Waals surface area contributed by atoms with E-state index in [1.54, 1.807) is 13.1 Å². The number of rotatable bonds is 4. The van der Waals surface area contributed by atoms with Crippen LogP contribution < -0.4 is 10.6 Å². The number of hydrogen-bond acceptors (Lipinski definition) is 5. The highest BCUT2D eigenvalue weighted by Crippen LogP contribution is 2.34. The number of H-pyrrole nitrogens is 1. The zero-order chi connectivity index (χ0) is 19.3. The van der Waals surface area contributed by atoms with E-state index in [0.29, 0.717) is 5.95 Å². The predicted molar refractivity (Wildman–Crippen MR) is 107 cm³/mol. The molecule has 142 valence electrons. The highest BCUT2D eigenvalue weighted by molar-refractivity contribution is 5.94. The highest BCUT2D eigenvalue weighted by Gasteiger charge is 2.41. The first-order chi connectivity index (χ1) is 13.5. The fraction of sp³-hybridized carbons (Fsp3) is 0.300. The highest BCUT2D eigenvalue weighted by atomic mass is 16.1. The number of carbonyl (C=O) groups is 1. The Hall–Kier alpha value is -3.42. The second-order valence-electron chi connectivity index (χ2n) is 7.77. The number of aromatic amines is 1. The molecular weight excluding hydrogens is 354 g/mol. The van der Waals surface area contributed by atoms with Crippen LogP contribution in [0.25, 0.3) is 27.7 Å². The van der Waals surface area contributed by atoms with Gasteiger partial charge in [-0.2, -0.15) is 10.1 Å². The molecule has 1 amide bonds. The van der Waals surface area contributed by atoms with E-state index in [4.69, 9.17) is 0 Å². The molecule has 4 aromatic heterocycles. The molecule has 0 unspecified atom stereocenters. The fourth-order valence-corrected chi connectivity index (χ4v) is 4.14. The minimum atomic E-state index is -0.139. The van der Waals surface area contributed by atoms with Crippen LogP contribution in [0.5, 0.6) is 0 Å². The SMILES string of the molecule is CC(=O)N[C@]1(C)C[C@@H](Nc2ncc3c(-c4ccn5nccc5c4)c[nH]c3n2)C1. The summed E-state index contributed by atoms with van der Waals surface area (Å²) in [4.78, 5) is 23.6. The van der Waals surface area contributed by atoms with Crippen molar-refractivity contribution >= 4 is 28.4 Å². The number of nitrogens with zero attached hydrogens (tertiary/aromatic N) is 4. The number of fused-ring (bicyclic) bond motifs is 2. The summed E-state index contributed by atoms with van der Waals surface area (Å²) >= 11 is 0. The van der Waals surface area contributed by atoms with E-state index in [1.165, 1.54) is 0 Å². The maximum atomic E-state index is 11.3. The number of nitrogens with one attached hydrogen (secondary N) is 3. The molecule has 5 rings (SSSR count). The second kappa shape index (κ2) is 6.05. The van der Waals surface area contributed by atoms with E-state index < -0.39 is 0 Å². The van der Waals surface area contributed by atoms with Crippen LogP contribution >= 0.6 is 0 Å². The van der Waals surface area contributed by atoms with Crippen LogP contribution in [0.4, 0.5) is 5.95 Å². The van der Waals surface area contributed by atoms with Crippen molar-refractivity contribution in [1.29, 1.82) is 0 Å². The molecule has 0 saturated heterocycles. The summed E-state index contributed by atoms with van der Waals surface area (Å²) < 4.78 is 1.84. The quantitative estimate of drug-likeness (QED) is 0.509. The van der Waals surface area contributed by atoms with Gasteiger partial charge in [-0.1, -0.05) is 0 Å². The van der Waals surface area contributed by atoms with Gasteiger partial charge in [0.15, 0.2) is 0 Å². The number of pyridine rings is 1. The first-order valence-electron chi connectivity index (χ1n) is 9.32. The lowest BCUT2D eigenvalue weighted by molar-refractivity contribution is -0.121. The maximum absolute atomic E-state index is 11.3. The van der Waals surface area contributed by atoms with E-state index in [2.05, 4.69) is 43.7 Å². The van der Waals surface area contributed by atoms with Gasteiger partial charge in [0.05, 0.1) is 5.52 Å². The van der Waals surface area contributed by atoms with Gasteiger partial charge in [-0.05, 0) is 43.5 Å². The van der Waals surface area contributed by atoms with Crippen LogP contribution in [0.15, 0.2) is 43.0 Å². The third kappa shape index (κ3) is 2.87. The largest absolute Gasteiger partial charge is 0.351 e.